The van der Waals surface area contributed by atoms with Crippen LogP contribution in [0.3, 0.4) is 0 Å². The minimum atomic E-state index is 0.0490. The summed E-state index contributed by atoms with van der Waals surface area (Å²) in [5, 5.41) is 5.43. The number of thioether (sulfide) groups is 1. The second-order valence-corrected chi connectivity index (χ2v) is 8.98. The van der Waals surface area contributed by atoms with Crippen molar-refractivity contribution in [3.05, 3.63) is 38.3 Å². The van der Waals surface area contributed by atoms with Gasteiger partial charge < -0.3 is 9.26 Å². The van der Waals surface area contributed by atoms with Crippen LogP contribution in [-0.2, 0) is 23.5 Å². The number of hydrogen-bond donors (Lipinski definition) is 0. The zero-order valence-electron chi connectivity index (χ0n) is 15.8. The van der Waals surface area contributed by atoms with E-state index in [0.717, 1.165) is 58.3 Å². The van der Waals surface area contributed by atoms with Gasteiger partial charge in [-0.2, -0.15) is 0 Å². The lowest BCUT2D eigenvalue weighted by Gasteiger charge is -2.15. The summed E-state index contributed by atoms with van der Waals surface area (Å²) >= 11 is 3.12. The Morgan fingerprint density at radius 3 is 2.93 bits per heavy atom. The fourth-order valence-electron chi connectivity index (χ4n) is 3.54. The first-order valence-electron chi connectivity index (χ1n) is 9.26. The predicted octanol–water partition coefficient (Wildman–Crippen LogP) is 4.10. The Kier molecular flexibility index (Phi) is 5.39. The third-order valence-electron chi connectivity index (χ3n) is 4.86. The third kappa shape index (κ3) is 3.70. The lowest BCUT2D eigenvalue weighted by Crippen LogP contribution is -2.28. The number of aromatic nitrogens is 3. The van der Waals surface area contributed by atoms with Crippen LogP contribution in [0.5, 0.6) is 0 Å². The van der Waals surface area contributed by atoms with E-state index in [9.17, 15) is 4.79 Å². The topological polar surface area (TPSA) is 70.2 Å². The van der Waals surface area contributed by atoms with Crippen LogP contribution in [0.15, 0.2) is 20.5 Å². The highest BCUT2D eigenvalue weighted by Gasteiger charge is 2.23. The van der Waals surface area contributed by atoms with Gasteiger partial charge in [-0.25, -0.2) is 4.98 Å². The summed E-state index contributed by atoms with van der Waals surface area (Å²) in [7, 11) is 0. The summed E-state index contributed by atoms with van der Waals surface area (Å²) < 4.78 is 12.9. The molecule has 4 heterocycles. The number of ether oxygens (including phenoxy) is 1. The van der Waals surface area contributed by atoms with Gasteiger partial charge in [0.2, 0.25) is 0 Å². The first-order chi connectivity index (χ1) is 13.1. The van der Waals surface area contributed by atoms with Gasteiger partial charge in [-0.3, -0.25) is 9.36 Å². The molecular weight excluding hydrogens is 382 g/mol. The van der Waals surface area contributed by atoms with E-state index in [2.05, 4.69) is 19.0 Å². The second-order valence-electron chi connectivity index (χ2n) is 6.84. The highest BCUT2D eigenvalue weighted by molar-refractivity contribution is 7.98. The number of aryl methyl sites for hydroxylation is 3. The van der Waals surface area contributed by atoms with E-state index in [1.807, 2.05) is 13.0 Å². The number of thiophene rings is 1. The molecule has 8 heteroatoms. The molecule has 3 aromatic rings. The minimum Gasteiger partial charge on any atom is -0.376 e. The summed E-state index contributed by atoms with van der Waals surface area (Å²) in [5.74, 6) is 1.38. The minimum absolute atomic E-state index is 0.0490. The van der Waals surface area contributed by atoms with Gasteiger partial charge in [0.1, 0.15) is 10.6 Å². The summed E-state index contributed by atoms with van der Waals surface area (Å²) in [6.45, 7) is 7.38. The smallest absolute Gasteiger partial charge is 0.263 e. The van der Waals surface area contributed by atoms with E-state index < -0.39 is 0 Å². The highest BCUT2D eigenvalue weighted by Crippen LogP contribution is 2.31. The Labute approximate surface area is 165 Å². The molecule has 3 aromatic heterocycles. The molecule has 27 heavy (non-hydrogen) atoms. The Hall–Kier alpha value is -1.64. The van der Waals surface area contributed by atoms with E-state index in [1.54, 1.807) is 15.9 Å². The predicted molar refractivity (Wildman–Crippen MR) is 108 cm³/mol. The van der Waals surface area contributed by atoms with Crippen LogP contribution in [0.4, 0.5) is 0 Å². The monoisotopic (exact) mass is 405 g/mol. The van der Waals surface area contributed by atoms with Gasteiger partial charge in [-0.05, 0) is 38.7 Å². The van der Waals surface area contributed by atoms with Crippen LogP contribution in [0.25, 0.3) is 10.2 Å². The van der Waals surface area contributed by atoms with Gasteiger partial charge in [0, 0.05) is 17.6 Å². The number of rotatable bonds is 6. The quantitative estimate of drug-likeness (QED) is 0.454. The Morgan fingerprint density at radius 2 is 2.26 bits per heavy atom. The molecule has 144 valence electrons. The Bertz CT molecular complexity index is 1020. The summed E-state index contributed by atoms with van der Waals surface area (Å²) in [5.41, 5.74) is 2.02. The van der Waals surface area contributed by atoms with Crippen LogP contribution in [0, 0.1) is 13.8 Å². The second kappa shape index (κ2) is 7.77. The molecule has 1 atom stereocenters. The molecule has 0 N–H and O–H groups in total. The van der Waals surface area contributed by atoms with Crippen molar-refractivity contribution in [2.75, 3.05) is 6.61 Å². The molecule has 4 rings (SSSR count). The van der Waals surface area contributed by atoms with Crippen molar-refractivity contribution in [1.29, 1.82) is 0 Å². The largest absolute Gasteiger partial charge is 0.376 e. The molecule has 6 nitrogen and oxygen atoms in total. The summed E-state index contributed by atoms with van der Waals surface area (Å²) in [4.78, 5) is 20.2. The van der Waals surface area contributed by atoms with Gasteiger partial charge in [-0.1, -0.05) is 23.8 Å². The van der Waals surface area contributed by atoms with Gasteiger partial charge in [-0.15, -0.1) is 11.3 Å². The first kappa shape index (κ1) is 18.7. The third-order valence-corrected chi connectivity index (χ3v) is 6.90. The molecule has 0 aromatic carbocycles. The lowest BCUT2D eigenvalue weighted by atomic mass is 10.1. The molecule has 0 amide bonds. The van der Waals surface area contributed by atoms with Crippen LogP contribution in [0.1, 0.15) is 41.7 Å². The Balaban J connectivity index is 1.75. The molecule has 1 unspecified atom stereocenters. The van der Waals surface area contributed by atoms with E-state index in [-0.39, 0.29) is 11.7 Å². The summed E-state index contributed by atoms with van der Waals surface area (Å²) in [6.07, 6.45) is 2.96. The average molecular weight is 406 g/mol. The van der Waals surface area contributed by atoms with Gasteiger partial charge in [0.05, 0.1) is 29.5 Å². The van der Waals surface area contributed by atoms with Gasteiger partial charge in [0.25, 0.3) is 5.56 Å². The van der Waals surface area contributed by atoms with E-state index in [4.69, 9.17) is 14.2 Å². The van der Waals surface area contributed by atoms with Gasteiger partial charge >= 0.3 is 0 Å². The number of nitrogens with zero attached hydrogens (tertiary/aromatic N) is 3. The molecular formula is C19H23N3O3S2. The van der Waals surface area contributed by atoms with Crippen molar-refractivity contribution >= 4 is 33.3 Å². The highest BCUT2D eigenvalue weighted by atomic mass is 32.2. The molecule has 1 fully saturated rings. The molecule has 0 bridgehead atoms. The van der Waals surface area contributed by atoms with E-state index in [0.29, 0.717) is 12.3 Å². The maximum Gasteiger partial charge on any atom is 0.263 e. The lowest BCUT2D eigenvalue weighted by molar-refractivity contribution is 0.0937. The maximum absolute atomic E-state index is 13.4. The number of hydrogen-bond acceptors (Lipinski definition) is 7. The van der Waals surface area contributed by atoms with E-state index >= 15 is 0 Å². The molecule has 0 spiro atoms. The zero-order chi connectivity index (χ0) is 19.0. The molecule has 1 aliphatic rings. The molecule has 0 aliphatic carbocycles. The van der Waals surface area contributed by atoms with Crippen molar-refractivity contribution in [3.8, 4) is 0 Å². The van der Waals surface area contributed by atoms with Crippen molar-refractivity contribution in [1.82, 2.24) is 14.7 Å². The van der Waals surface area contributed by atoms with Crippen molar-refractivity contribution in [3.63, 3.8) is 0 Å². The van der Waals surface area contributed by atoms with Crippen LogP contribution >= 0.6 is 23.1 Å². The fourth-order valence-corrected chi connectivity index (χ4v) is 5.58. The van der Waals surface area contributed by atoms with Crippen molar-refractivity contribution in [2.45, 2.75) is 63.6 Å². The van der Waals surface area contributed by atoms with Crippen LogP contribution in [0.2, 0.25) is 0 Å². The Morgan fingerprint density at radius 1 is 1.41 bits per heavy atom. The SMILES string of the molecule is CCc1c(C)sc2nc(SCc3cc(C)no3)n(CC3CCCO3)c(=O)c12. The fraction of sp³-hybridized carbons (Fsp3) is 0.526. The molecule has 0 radical (unpaired) electrons. The van der Waals surface area contributed by atoms with Crippen LogP contribution in [-0.4, -0.2) is 27.4 Å². The summed E-state index contributed by atoms with van der Waals surface area (Å²) in [6, 6.07) is 1.92. The van der Waals surface area contributed by atoms with Crippen molar-refractivity contribution in [2.24, 2.45) is 0 Å². The normalized spacial score (nSPS) is 17.2. The maximum atomic E-state index is 13.4. The first-order valence-corrected chi connectivity index (χ1v) is 11.1. The average Bonchev–Trinajstić information content (AvgIpc) is 3.36. The molecule has 0 saturated carbocycles. The van der Waals surface area contributed by atoms with Crippen LogP contribution < -0.4 is 5.56 Å². The van der Waals surface area contributed by atoms with Gasteiger partial charge in [0.15, 0.2) is 5.16 Å². The molecule has 1 saturated heterocycles. The number of fused-ring (bicyclic) bond motifs is 1. The zero-order valence-corrected chi connectivity index (χ0v) is 17.4. The molecule has 1 aliphatic heterocycles. The van der Waals surface area contributed by atoms with Crippen molar-refractivity contribution < 1.29 is 9.26 Å². The van der Waals surface area contributed by atoms with E-state index in [1.165, 1.54) is 16.6 Å². The standard InChI is InChI=1S/C19H23N3O3S2/c1-4-15-12(3)27-17-16(15)18(23)22(9-13-6-5-7-24-13)19(20-17)26-10-14-8-11(2)21-25-14/h8,13H,4-7,9-10H2,1-3H3.